The fourth-order valence-electron chi connectivity index (χ4n) is 4.21. The van der Waals surface area contributed by atoms with Crippen molar-refractivity contribution in [3.05, 3.63) is 29.8 Å². The highest BCUT2D eigenvalue weighted by molar-refractivity contribution is 5.88. The van der Waals surface area contributed by atoms with Gasteiger partial charge in [-0.25, -0.2) is 0 Å². The fraction of sp³-hybridized carbons (Fsp3) is 0.591. The van der Waals surface area contributed by atoms with Crippen molar-refractivity contribution in [2.75, 3.05) is 38.0 Å². The number of anilines is 1. The summed E-state index contributed by atoms with van der Waals surface area (Å²) in [6.07, 6.45) is 2.31. The van der Waals surface area contributed by atoms with Gasteiger partial charge in [-0.3, -0.25) is 19.3 Å². The number of likely N-dealkylation sites (tertiary alicyclic amines) is 1. The lowest BCUT2D eigenvalue weighted by atomic mass is 10.0. The van der Waals surface area contributed by atoms with Crippen LogP contribution in [0.1, 0.15) is 39.2 Å². The Bertz CT molecular complexity index is 739. The third-order valence-corrected chi connectivity index (χ3v) is 5.81. The SMILES string of the molecule is CC(=O)Nc1ccc(CC(=O)N2CCN([C@H]3CCCN(C(C)C)C3=O)CC2)cc1. The first-order chi connectivity index (χ1) is 13.8. The molecule has 158 valence electrons. The summed E-state index contributed by atoms with van der Waals surface area (Å²) >= 11 is 0. The molecule has 0 radical (unpaired) electrons. The Hall–Kier alpha value is -2.41. The van der Waals surface area contributed by atoms with Crippen LogP contribution in [0.2, 0.25) is 0 Å². The Morgan fingerprint density at radius 1 is 1.07 bits per heavy atom. The second-order valence-corrected chi connectivity index (χ2v) is 8.26. The maximum atomic E-state index is 12.8. The number of piperidine rings is 1. The van der Waals surface area contributed by atoms with Crippen molar-refractivity contribution in [2.24, 2.45) is 0 Å². The number of rotatable bonds is 5. The molecule has 0 saturated carbocycles. The van der Waals surface area contributed by atoms with Crippen LogP contribution in [0.5, 0.6) is 0 Å². The van der Waals surface area contributed by atoms with Crippen LogP contribution < -0.4 is 5.32 Å². The van der Waals surface area contributed by atoms with Crippen molar-refractivity contribution < 1.29 is 14.4 Å². The molecule has 7 nitrogen and oxygen atoms in total. The summed E-state index contributed by atoms with van der Waals surface area (Å²) in [6.45, 7) is 9.28. The molecule has 0 spiro atoms. The highest BCUT2D eigenvalue weighted by atomic mass is 16.2. The Labute approximate surface area is 173 Å². The van der Waals surface area contributed by atoms with Gasteiger partial charge in [-0.2, -0.15) is 0 Å². The first-order valence-electron chi connectivity index (χ1n) is 10.5. The van der Waals surface area contributed by atoms with E-state index in [0.717, 1.165) is 43.7 Å². The number of benzene rings is 1. The molecule has 0 unspecified atom stereocenters. The number of hydrogen-bond acceptors (Lipinski definition) is 4. The molecule has 0 bridgehead atoms. The van der Waals surface area contributed by atoms with E-state index in [1.165, 1.54) is 6.92 Å². The molecule has 1 aromatic carbocycles. The quantitative estimate of drug-likeness (QED) is 0.817. The lowest BCUT2D eigenvalue weighted by Crippen LogP contribution is -2.59. The van der Waals surface area contributed by atoms with Gasteiger partial charge in [0.1, 0.15) is 0 Å². The smallest absolute Gasteiger partial charge is 0.240 e. The molecule has 2 heterocycles. The number of piperazine rings is 1. The molecule has 2 saturated heterocycles. The first-order valence-corrected chi connectivity index (χ1v) is 10.5. The van der Waals surface area contributed by atoms with E-state index in [4.69, 9.17) is 0 Å². The molecular weight excluding hydrogens is 368 g/mol. The van der Waals surface area contributed by atoms with Crippen molar-refractivity contribution in [2.45, 2.75) is 52.1 Å². The number of amides is 3. The lowest BCUT2D eigenvalue weighted by Gasteiger charge is -2.43. The van der Waals surface area contributed by atoms with Gasteiger partial charge < -0.3 is 15.1 Å². The summed E-state index contributed by atoms with van der Waals surface area (Å²) in [5.74, 6) is 0.237. The minimum absolute atomic E-state index is 0.0373. The monoisotopic (exact) mass is 400 g/mol. The number of nitrogens with one attached hydrogen (secondary N) is 1. The highest BCUT2D eigenvalue weighted by Crippen LogP contribution is 2.21. The zero-order valence-electron chi connectivity index (χ0n) is 17.7. The molecule has 1 aromatic rings. The molecule has 1 atom stereocenters. The predicted octanol–water partition coefficient (Wildman–Crippen LogP) is 1.73. The van der Waals surface area contributed by atoms with Crippen LogP contribution in [-0.4, -0.2) is 77.2 Å². The lowest BCUT2D eigenvalue weighted by molar-refractivity contribution is -0.143. The molecule has 3 amide bonds. The summed E-state index contributed by atoms with van der Waals surface area (Å²) in [5, 5.41) is 2.73. The van der Waals surface area contributed by atoms with Crippen molar-refractivity contribution in [1.82, 2.24) is 14.7 Å². The predicted molar refractivity (Wildman–Crippen MR) is 112 cm³/mol. The summed E-state index contributed by atoms with van der Waals surface area (Å²) in [5.41, 5.74) is 1.66. The minimum atomic E-state index is -0.111. The van der Waals surface area contributed by atoms with E-state index in [-0.39, 0.29) is 29.8 Å². The second-order valence-electron chi connectivity index (χ2n) is 8.26. The van der Waals surface area contributed by atoms with Crippen molar-refractivity contribution in [1.29, 1.82) is 0 Å². The molecule has 0 aromatic heterocycles. The Balaban J connectivity index is 1.50. The van der Waals surface area contributed by atoms with E-state index < -0.39 is 0 Å². The fourth-order valence-corrected chi connectivity index (χ4v) is 4.21. The average Bonchev–Trinajstić information content (AvgIpc) is 2.69. The number of carbonyl (C=O) groups excluding carboxylic acids is 3. The van der Waals surface area contributed by atoms with Gasteiger partial charge in [-0.05, 0) is 44.4 Å². The number of nitrogens with zero attached hydrogens (tertiary/aromatic N) is 3. The maximum Gasteiger partial charge on any atom is 0.240 e. The van der Waals surface area contributed by atoms with Crippen LogP contribution in [0.3, 0.4) is 0 Å². The van der Waals surface area contributed by atoms with Crippen LogP contribution in [0, 0.1) is 0 Å². The van der Waals surface area contributed by atoms with E-state index in [0.29, 0.717) is 19.5 Å². The number of carbonyl (C=O) groups is 3. The van der Waals surface area contributed by atoms with Gasteiger partial charge in [0.05, 0.1) is 12.5 Å². The molecule has 1 N–H and O–H groups in total. The van der Waals surface area contributed by atoms with Crippen LogP contribution in [0.4, 0.5) is 5.69 Å². The van der Waals surface area contributed by atoms with Gasteiger partial charge in [0.2, 0.25) is 17.7 Å². The van der Waals surface area contributed by atoms with Crippen LogP contribution in [0.15, 0.2) is 24.3 Å². The van der Waals surface area contributed by atoms with Gasteiger partial charge in [-0.15, -0.1) is 0 Å². The van der Waals surface area contributed by atoms with E-state index in [9.17, 15) is 14.4 Å². The first kappa shape index (κ1) is 21.3. The molecule has 7 heteroatoms. The van der Waals surface area contributed by atoms with Crippen molar-refractivity contribution in [3.63, 3.8) is 0 Å². The highest BCUT2D eigenvalue weighted by Gasteiger charge is 2.36. The minimum Gasteiger partial charge on any atom is -0.340 e. The molecule has 2 aliphatic heterocycles. The Kier molecular flexibility index (Phi) is 6.90. The van der Waals surface area contributed by atoms with Crippen molar-refractivity contribution in [3.8, 4) is 0 Å². The van der Waals surface area contributed by atoms with Crippen LogP contribution >= 0.6 is 0 Å². The molecule has 29 heavy (non-hydrogen) atoms. The zero-order valence-corrected chi connectivity index (χ0v) is 17.7. The van der Waals surface area contributed by atoms with Gasteiger partial charge in [-0.1, -0.05) is 12.1 Å². The maximum absolute atomic E-state index is 12.8. The van der Waals surface area contributed by atoms with Crippen molar-refractivity contribution >= 4 is 23.4 Å². The van der Waals surface area contributed by atoms with Gasteiger partial charge >= 0.3 is 0 Å². The van der Waals surface area contributed by atoms with E-state index >= 15 is 0 Å². The normalized spacial score (nSPS) is 20.8. The Morgan fingerprint density at radius 2 is 1.72 bits per heavy atom. The molecule has 2 fully saturated rings. The van der Waals surface area contributed by atoms with Crippen LogP contribution in [-0.2, 0) is 20.8 Å². The van der Waals surface area contributed by atoms with Crippen LogP contribution in [0.25, 0.3) is 0 Å². The van der Waals surface area contributed by atoms with E-state index in [1.807, 2.05) is 34.1 Å². The third kappa shape index (κ3) is 5.35. The zero-order chi connectivity index (χ0) is 21.0. The van der Waals surface area contributed by atoms with Gasteiger partial charge in [0.15, 0.2) is 0 Å². The summed E-state index contributed by atoms with van der Waals surface area (Å²) in [6, 6.07) is 7.59. The topological polar surface area (TPSA) is 73.0 Å². The van der Waals surface area contributed by atoms with E-state index in [1.54, 1.807) is 0 Å². The third-order valence-electron chi connectivity index (χ3n) is 5.81. The van der Waals surface area contributed by atoms with E-state index in [2.05, 4.69) is 24.1 Å². The standard InChI is InChI=1S/C22H32N4O3/c1-16(2)26-10-4-5-20(22(26)29)24-11-13-25(14-12-24)21(28)15-18-6-8-19(9-7-18)23-17(3)27/h6-9,16,20H,4-5,10-15H2,1-3H3,(H,23,27)/t20-/m0/s1. The molecular formula is C22H32N4O3. The largest absolute Gasteiger partial charge is 0.340 e. The van der Waals surface area contributed by atoms with Gasteiger partial charge in [0, 0.05) is 51.4 Å². The average molecular weight is 401 g/mol. The molecule has 2 aliphatic rings. The number of hydrogen-bond donors (Lipinski definition) is 1. The molecule has 3 rings (SSSR count). The molecule has 0 aliphatic carbocycles. The van der Waals surface area contributed by atoms with Gasteiger partial charge in [0.25, 0.3) is 0 Å². The Morgan fingerprint density at radius 3 is 2.31 bits per heavy atom. The summed E-state index contributed by atoms with van der Waals surface area (Å²) in [4.78, 5) is 42.7. The summed E-state index contributed by atoms with van der Waals surface area (Å²) in [7, 11) is 0. The second kappa shape index (κ2) is 9.39. The summed E-state index contributed by atoms with van der Waals surface area (Å²) < 4.78 is 0.